The molecule has 2 heterocycles. The number of nitriles is 1. The van der Waals surface area contributed by atoms with E-state index in [9.17, 15) is 14.4 Å². The molecule has 0 radical (unpaired) electrons. The normalized spacial score (nSPS) is 26.5. The zero-order valence-electron chi connectivity index (χ0n) is 28.2. The van der Waals surface area contributed by atoms with Crippen LogP contribution < -0.4 is 21.9 Å². The van der Waals surface area contributed by atoms with Crippen LogP contribution >= 0.6 is 0 Å². The number of amides is 2. The van der Waals surface area contributed by atoms with Crippen LogP contribution in [0.1, 0.15) is 78.0 Å². The number of ether oxygens (including phenoxy) is 3. The van der Waals surface area contributed by atoms with Crippen LogP contribution in [0.2, 0.25) is 0 Å². The Morgan fingerprint density at radius 1 is 1.26 bits per heavy atom. The van der Waals surface area contributed by atoms with E-state index in [2.05, 4.69) is 38.6 Å². The maximum absolute atomic E-state index is 12.9. The maximum atomic E-state index is 12.9. The van der Waals surface area contributed by atoms with Gasteiger partial charge in [0.1, 0.15) is 12.3 Å². The van der Waals surface area contributed by atoms with Crippen molar-refractivity contribution in [2.45, 2.75) is 103 Å². The van der Waals surface area contributed by atoms with E-state index in [0.717, 1.165) is 25.7 Å². The summed E-state index contributed by atoms with van der Waals surface area (Å²) >= 11 is 0. The van der Waals surface area contributed by atoms with Gasteiger partial charge in [0.25, 0.3) is 5.56 Å². The molecule has 2 fully saturated rings. The second-order valence-electron chi connectivity index (χ2n) is 12.6. The second kappa shape index (κ2) is 16.9. The molecule has 1 aromatic rings. The molecule has 0 aromatic carbocycles. The first kappa shape index (κ1) is 33.9. The Morgan fingerprint density at radius 2 is 1.98 bits per heavy atom. The van der Waals surface area contributed by atoms with Crippen molar-refractivity contribution in [3.8, 4) is 17.9 Å². The lowest BCUT2D eigenvalue weighted by Gasteiger charge is -2.38. The van der Waals surface area contributed by atoms with Crippen molar-refractivity contribution in [1.82, 2.24) is 25.1 Å². The zero-order valence-corrected chi connectivity index (χ0v) is 27.2. The van der Waals surface area contributed by atoms with Gasteiger partial charge in [0.2, 0.25) is 7.85 Å². The van der Waals surface area contributed by atoms with Gasteiger partial charge in [-0.15, -0.1) is 11.8 Å². The van der Waals surface area contributed by atoms with Crippen molar-refractivity contribution in [3.05, 3.63) is 38.7 Å². The summed E-state index contributed by atoms with van der Waals surface area (Å²) in [6, 6.07) is 1.89. The molecule has 7 atom stereocenters. The van der Waals surface area contributed by atoms with Gasteiger partial charge < -0.3 is 30.0 Å². The van der Waals surface area contributed by atoms with Crippen molar-refractivity contribution >= 4 is 12.1 Å². The minimum Gasteiger partial charge on any atom is -0.394 e. The lowest BCUT2D eigenvalue weighted by atomic mass is 10.1. The largest absolute Gasteiger partial charge is 0.394 e. The molecular weight excluding hydrogens is 592 g/mol. The SMILES string of the molecule is [2H]OC[C@H]1O[C@@H](n2cc(/C=C/CNC(=O)NCC3[C@H]4CCC#CCC[C@@H]34)c(=O)[nH]c2=O)CC1OC(OCCC#N)N(C(C)C)C(C)C. The molecule has 3 aliphatic rings. The third-order valence-corrected chi connectivity index (χ3v) is 8.87. The maximum Gasteiger partial charge on any atom is 0.330 e. The van der Waals surface area contributed by atoms with E-state index >= 15 is 0 Å². The topological polar surface area (TPSA) is 171 Å². The van der Waals surface area contributed by atoms with Gasteiger partial charge in [0, 0.05) is 50.6 Å². The van der Waals surface area contributed by atoms with E-state index < -0.39 is 36.1 Å². The van der Waals surface area contributed by atoms with Crippen LogP contribution in [0.25, 0.3) is 6.08 Å². The molecule has 1 saturated carbocycles. The standard InChI is InChI=1S/C33H48N6O7/c1-21(2)39(22(3)4)33(44-16-10-14-34)46-27-17-29(45-28(27)20-40)38-19-23(30(41)37-32(38)43)11-9-15-35-31(42)36-18-26-24-12-7-5-6-8-13-25(24)26/h9,11,19,21-22,24-29,33,40H,7-8,10,12-13,15-18,20H2,1-4H3,(H2,35,36,42)(H,37,41,43)/b11-9+/t24-,25+,26?,27?,28-,29-,33?/m1/s1/i40D. The van der Waals surface area contributed by atoms with Gasteiger partial charge >= 0.3 is 11.7 Å². The molecule has 1 saturated heterocycles. The Balaban J connectivity index is 1.36. The fraction of sp³-hybridized carbons (Fsp3) is 0.697. The van der Waals surface area contributed by atoms with Crippen LogP contribution in [-0.4, -0.2) is 84.0 Å². The molecule has 3 unspecified atom stereocenters. The monoisotopic (exact) mass is 641 g/mol. The predicted molar refractivity (Wildman–Crippen MR) is 171 cm³/mol. The second-order valence-corrected chi connectivity index (χ2v) is 12.6. The number of rotatable bonds is 16. The van der Waals surface area contributed by atoms with Crippen molar-refractivity contribution < 1.29 is 24.1 Å². The lowest BCUT2D eigenvalue weighted by Crippen LogP contribution is -2.50. The van der Waals surface area contributed by atoms with Crippen LogP contribution in [0.5, 0.6) is 0 Å². The third kappa shape index (κ3) is 9.30. The molecule has 0 bridgehead atoms. The van der Waals surface area contributed by atoms with E-state index in [4.69, 9.17) is 20.9 Å². The summed E-state index contributed by atoms with van der Waals surface area (Å²) in [4.78, 5) is 42.2. The molecule has 4 N–H and O–H groups in total. The summed E-state index contributed by atoms with van der Waals surface area (Å²) in [5.41, 5.74) is -1.04. The summed E-state index contributed by atoms with van der Waals surface area (Å²) in [5.74, 6) is 8.18. The highest BCUT2D eigenvalue weighted by atomic mass is 16.7. The Kier molecular flexibility index (Phi) is 12.5. The summed E-state index contributed by atoms with van der Waals surface area (Å²) < 4.78 is 27.1. The molecule has 0 spiro atoms. The fourth-order valence-electron chi connectivity index (χ4n) is 6.58. The van der Waals surface area contributed by atoms with Crippen LogP contribution in [0.15, 0.2) is 21.9 Å². The van der Waals surface area contributed by atoms with Gasteiger partial charge in [0.05, 0.1) is 37.4 Å². The number of aromatic amines is 1. The van der Waals surface area contributed by atoms with Gasteiger partial charge in [0.15, 0.2) is 0 Å². The Hall–Kier alpha value is -3.46. The smallest absolute Gasteiger partial charge is 0.330 e. The molecule has 4 rings (SSSR count). The molecule has 252 valence electrons. The third-order valence-electron chi connectivity index (χ3n) is 8.87. The number of hydrogen-bond donors (Lipinski definition) is 4. The summed E-state index contributed by atoms with van der Waals surface area (Å²) in [6.07, 6.45) is 6.06. The van der Waals surface area contributed by atoms with Crippen LogP contribution in [0.4, 0.5) is 4.79 Å². The zero-order chi connectivity index (χ0) is 33.9. The number of H-pyrrole nitrogens is 1. The molecule has 1 aliphatic heterocycles. The van der Waals surface area contributed by atoms with Crippen LogP contribution in [-0.2, 0) is 14.2 Å². The quantitative estimate of drug-likeness (QED) is 0.120. The predicted octanol–water partition coefficient (Wildman–Crippen LogP) is 2.29. The lowest BCUT2D eigenvalue weighted by molar-refractivity contribution is -0.265. The van der Waals surface area contributed by atoms with Crippen molar-refractivity contribution in [3.63, 3.8) is 0 Å². The highest BCUT2D eigenvalue weighted by Gasteiger charge is 2.48. The van der Waals surface area contributed by atoms with Crippen molar-refractivity contribution in [1.29, 1.82) is 6.69 Å². The number of aliphatic hydroxyl groups is 1. The molecule has 13 nitrogen and oxygen atoms in total. The molecule has 46 heavy (non-hydrogen) atoms. The Bertz CT molecular complexity index is 1420. The van der Waals surface area contributed by atoms with Gasteiger partial charge in [-0.05, 0) is 58.3 Å². The number of nitrogens with zero attached hydrogens (tertiary/aromatic N) is 3. The first-order valence-electron chi connectivity index (χ1n) is 16.7. The molecule has 2 amide bonds. The van der Waals surface area contributed by atoms with Gasteiger partial charge in [-0.1, -0.05) is 12.2 Å². The first-order valence-corrected chi connectivity index (χ1v) is 16.3. The number of urea groups is 1. The van der Waals surface area contributed by atoms with Crippen molar-refractivity contribution in [2.24, 2.45) is 17.8 Å². The van der Waals surface area contributed by atoms with Crippen LogP contribution in [0.3, 0.4) is 0 Å². The van der Waals surface area contributed by atoms with E-state index in [1.165, 1.54) is 16.8 Å². The Morgan fingerprint density at radius 3 is 2.63 bits per heavy atom. The summed E-state index contributed by atoms with van der Waals surface area (Å²) in [6.45, 7) is 8.90. The number of carbonyl (C=O) groups is 1. The van der Waals surface area contributed by atoms with Gasteiger partial charge in [-0.3, -0.25) is 19.2 Å². The van der Waals surface area contributed by atoms with E-state index in [1.807, 2.05) is 32.6 Å². The number of aliphatic hydroxyl groups excluding tert-OH is 1. The number of carbonyl (C=O) groups excluding carboxylic acids is 1. The summed E-state index contributed by atoms with van der Waals surface area (Å²) in [7, 11) is 0. The molecule has 1 aromatic heterocycles. The van der Waals surface area contributed by atoms with E-state index in [0.29, 0.717) is 24.3 Å². The number of aromatic nitrogens is 2. The molecule has 2 aliphatic carbocycles. The minimum absolute atomic E-state index is 0.0510. The van der Waals surface area contributed by atoms with Gasteiger partial charge in [-0.2, -0.15) is 5.26 Å². The highest BCUT2D eigenvalue weighted by Crippen LogP contribution is 2.51. The highest BCUT2D eigenvalue weighted by molar-refractivity contribution is 5.74. The molecular formula is C33H48N6O7. The van der Waals surface area contributed by atoms with E-state index in [1.54, 1.807) is 6.08 Å². The fourth-order valence-corrected chi connectivity index (χ4v) is 6.58. The van der Waals surface area contributed by atoms with Crippen molar-refractivity contribution in [2.75, 3.05) is 26.3 Å². The average Bonchev–Trinajstić information content (AvgIpc) is 3.48. The minimum atomic E-state index is -0.821. The van der Waals surface area contributed by atoms with E-state index in [-0.39, 0.29) is 56.3 Å². The van der Waals surface area contributed by atoms with Crippen LogP contribution in [0, 0.1) is 40.9 Å². The number of nitrogens with one attached hydrogen (secondary N) is 3. The number of hydrogen-bond acceptors (Lipinski definition) is 9. The average molecular weight is 642 g/mol. The summed E-state index contributed by atoms with van der Waals surface area (Å²) in [5, 5.41) is 19.4. The molecule has 13 heteroatoms. The Labute approximate surface area is 271 Å². The first-order chi connectivity index (χ1) is 22.6. The van der Waals surface area contributed by atoms with Gasteiger partial charge in [-0.25, -0.2) is 9.59 Å². The number of fused-ring (bicyclic) bond motifs is 1.